The fourth-order valence-electron chi connectivity index (χ4n) is 6.61. The Balaban J connectivity index is 1.87. The van der Waals surface area contributed by atoms with Gasteiger partial charge in [0.15, 0.2) is 0 Å². The van der Waals surface area contributed by atoms with Crippen molar-refractivity contribution in [2.75, 3.05) is 24.7 Å². The molecule has 3 aliphatic rings. The van der Waals surface area contributed by atoms with Crippen molar-refractivity contribution in [3.63, 3.8) is 0 Å². The molecule has 35 heavy (non-hydrogen) atoms. The van der Waals surface area contributed by atoms with Gasteiger partial charge in [0.1, 0.15) is 6.04 Å². The lowest BCUT2D eigenvalue weighted by atomic mass is 9.66. The summed E-state index contributed by atoms with van der Waals surface area (Å²) in [6.07, 6.45) is 2.44. The van der Waals surface area contributed by atoms with Crippen LogP contribution in [0.4, 0.5) is 5.69 Å². The summed E-state index contributed by atoms with van der Waals surface area (Å²) in [6, 6.07) is 4.53. The second-order valence-corrected chi connectivity index (χ2v) is 11.6. The summed E-state index contributed by atoms with van der Waals surface area (Å²) in [5.41, 5.74) is 2.73. The first-order chi connectivity index (χ1) is 16.6. The SMILES string of the molecule is C=CCN(C(=O)C1N([C@H](C)CO)C(=O)[C@@H]2[C@H](C(=O)OCC)[C@@H]3CC(C)C12S3)c1c(C)cccc1C. The van der Waals surface area contributed by atoms with Crippen LogP contribution >= 0.6 is 11.8 Å². The molecule has 1 spiro atoms. The minimum Gasteiger partial charge on any atom is -0.466 e. The molecule has 190 valence electrons. The van der Waals surface area contributed by atoms with Crippen LogP contribution in [-0.4, -0.2) is 69.6 Å². The molecule has 2 amide bonds. The summed E-state index contributed by atoms with van der Waals surface area (Å²) < 4.78 is 4.64. The zero-order valence-corrected chi connectivity index (χ0v) is 22.0. The molecule has 3 saturated heterocycles. The predicted molar refractivity (Wildman–Crippen MR) is 137 cm³/mol. The van der Waals surface area contributed by atoms with Crippen LogP contribution in [0.1, 0.15) is 38.3 Å². The van der Waals surface area contributed by atoms with Gasteiger partial charge in [-0.2, -0.15) is 0 Å². The van der Waals surface area contributed by atoms with Crippen molar-refractivity contribution in [1.82, 2.24) is 4.90 Å². The van der Waals surface area contributed by atoms with E-state index in [4.69, 9.17) is 4.74 Å². The number of benzene rings is 1. The van der Waals surface area contributed by atoms with Gasteiger partial charge in [0, 0.05) is 17.5 Å². The number of amides is 2. The number of hydrogen-bond acceptors (Lipinski definition) is 6. The summed E-state index contributed by atoms with van der Waals surface area (Å²) >= 11 is 1.61. The zero-order chi connectivity index (χ0) is 25.7. The zero-order valence-electron chi connectivity index (χ0n) is 21.2. The first kappa shape index (κ1) is 25.8. The average Bonchev–Trinajstić information content (AvgIpc) is 3.41. The van der Waals surface area contributed by atoms with E-state index in [1.54, 1.807) is 41.5 Å². The number of fused-ring (bicyclic) bond motifs is 1. The smallest absolute Gasteiger partial charge is 0.310 e. The summed E-state index contributed by atoms with van der Waals surface area (Å²) in [5.74, 6) is -1.97. The van der Waals surface area contributed by atoms with Crippen molar-refractivity contribution in [3.05, 3.63) is 42.0 Å². The molecule has 3 unspecified atom stereocenters. The van der Waals surface area contributed by atoms with Crippen molar-refractivity contribution >= 4 is 35.2 Å². The number of thioether (sulfide) groups is 1. The molecule has 1 aromatic rings. The van der Waals surface area contributed by atoms with Crippen LogP contribution in [0, 0.1) is 31.6 Å². The van der Waals surface area contributed by atoms with Crippen molar-refractivity contribution in [2.45, 2.75) is 63.1 Å². The van der Waals surface area contributed by atoms with Gasteiger partial charge in [-0.25, -0.2) is 0 Å². The van der Waals surface area contributed by atoms with Crippen molar-refractivity contribution in [1.29, 1.82) is 0 Å². The molecule has 0 aliphatic carbocycles. The number of carbonyl (C=O) groups excluding carboxylic acids is 3. The number of aliphatic hydroxyl groups excluding tert-OH is 1. The average molecular weight is 501 g/mol. The number of nitrogens with zero attached hydrogens (tertiary/aromatic N) is 2. The van der Waals surface area contributed by atoms with Crippen molar-refractivity contribution in [3.8, 4) is 0 Å². The molecule has 7 nitrogen and oxygen atoms in total. The highest BCUT2D eigenvalue weighted by molar-refractivity contribution is 8.02. The quantitative estimate of drug-likeness (QED) is 0.436. The van der Waals surface area contributed by atoms with Crippen LogP contribution in [0.3, 0.4) is 0 Å². The van der Waals surface area contributed by atoms with Gasteiger partial charge in [-0.15, -0.1) is 18.3 Å². The van der Waals surface area contributed by atoms with Crippen molar-refractivity contribution < 1.29 is 24.2 Å². The molecule has 1 N–H and O–H groups in total. The number of ether oxygens (including phenoxy) is 1. The van der Waals surface area contributed by atoms with E-state index >= 15 is 0 Å². The monoisotopic (exact) mass is 500 g/mol. The maximum atomic E-state index is 14.6. The van der Waals surface area contributed by atoms with Crippen LogP contribution in [0.25, 0.3) is 0 Å². The highest BCUT2D eigenvalue weighted by Gasteiger charge is 2.77. The Bertz CT molecular complexity index is 1020. The molecule has 3 fully saturated rings. The van der Waals surface area contributed by atoms with Gasteiger partial charge in [0.05, 0.1) is 35.8 Å². The molecule has 7 atom stereocenters. The van der Waals surface area contributed by atoms with Crippen LogP contribution in [-0.2, 0) is 19.1 Å². The first-order valence-corrected chi connectivity index (χ1v) is 13.3. The van der Waals surface area contributed by atoms with Gasteiger partial charge >= 0.3 is 5.97 Å². The maximum Gasteiger partial charge on any atom is 0.310 e. The van der Waals surface area contributed by atoms with Gasteiger partial charge in [-0.1, -0.05) is 31.2 Å². The van der Waals surface area contributed by atoms with Gasteiger partial charge in [-0.3, -0.25) is 14.4 Å². The number of esters is 1. The molecule has 3 aliphatic heterocycles. The maximum absolute atomic E-state index is 14.6. The van der Waals surface area contributed by atoms with Gasteiger partial charge in [-0.05, 0) is 51.2 Å². The lowest BCUT2D eigenvalue weighted by Gasteiger charge is -2.42. The lowest BCUT2D eigenvalue weighted by Crippen LogP contribution is -2.59. The Labute approximate surface area is 211 Å². The molecule has 4 rings (SSSR count). The normalized spacial score (nSPS) is 31.9. The summed E-state index contributed by atoms with van der Waals surface area (Å²) in [5, 5.41) is 10.0. The van der Waals surface area contributed by atoms with Gasteiger partial charge in [0.2, 0.25) is 5.91 Å². The summed E-state index contributed by atoms with van der Waals surface area (Å²) in [7, 11) is 0. The number of carbonyl (C=O) groups is 3. The predicted octanol–water partition coefficient (Wildman–Crippen LogP) is 3.10. The molecule has 0 radical (unpaired) electrons. The van der Waals surface area contributed by atoms with E-state index in [9.17, 15) is 19.5 Å². The summed E-state index contributed by atoms with van der Waals surface area (Å²) in [4.78, 5) is 44.9. The van der Waals surface area contributed by atoms with E-state index in [2.05, 4.69) is 13.5 Å². The fraction of sp³-hybridized carbons (Fsp3) is 0.593. The standard InChI is InChI=1S/C27H36N2O5S/c1-7-12-28(22-15(3)10-9-11-16(22)4)25(32)23-27-17(5)13-19(35-27)20(26(33)34-8-2)21(27)24(31)29(23)18(6)14-30/h7,9-11,17-21,23,30H,1,8,12-14H2,2-6H3/t17?,18-,19+,20-,21+,23?,27?/m1/s1. The van der Waals surface area contributed by atoms with Gasteiger partial charge in [0.25, 0.3) is 5.91 Å². The Morgan fingerprint density at radius 3 is 2.60 bits per heavy atom. The molecule has 8 heteroatoms. The van der Waals surface area contributed by atoms with E-state index < -0.39 is 28.7 Å². The van der Waals surface area contributed by atoms with Crippen molar-refractivity contribution in [2.24, 2.45) is 17.8 Å². The Morgan fingerprint density at radius 2 is 2.03 bits per heavy atom. The van der Waals surface area contributed by atoms with E-state index in [-0.39, 0.29) is 42.2 Å². The van der Waals surface area contributed by atoms with E-state index in [0.717, 1.165) is 23.2 Å². The number of likely N-dealkylation sites (tertiary alicyclic amines) is 1. The van der Waals surface area contributed by atoms with Crippen LogP contribution in [0.2, 0.25) is 0 Å². The lowest BCUT2D eigenvalue weighted by molar-refractivity contribution is -0.154. The van der Waals surface area contributed by atoms with Gasteiger partial charge < -0.3 is 19.6 Å². The number of aryl methyl sites for hydroxylation is 2. The molecular formula is C27H36N2O5S. The molecule has 0 saturated carbocycles. The number of aliphatic hydroxyl groups is 1. The third kappa shape index (κ3) is 3.71. The highest BCUT2D eigenvalue weighted by atomic mass is 32.2. The first-order valence-electron chi connectivity index (χ1n) is 12.4. The van der Waals surface area contributed by atoms with E-state index in [1.165, 1.54) is 0 Å². The van der Waals surface area contributed by atoms with E-state index in [0.29, 0.717) is 6.54 Å². The number of rotatable bonds is 8. The third-order valence-corrected chi connectivity index (χ3v) is 10.1. The minimum absolute atomic E-state index is 0.0468. The van der Waals surface area contributed by atoms with Crippen LogP contribution in [0.5, 0.6) is 0 Å². The number of anilines is 1. The third-order valence-electron chi connectivity index (χ3n) is 8.00. The largest absolute Gasteiger partial charge is 0.466 e. The fourth-order valence-corrected chi connectivity index (χ4v) is 9.00. The van der Waals surface area contributed by atoms with Crippen LogP contribution in [0.15, 0.2) is 30.9 Å². The second-order valence-electron chi connectivity index (χ2n) is 10.1. The summed E-state index contributed by atoms with van der Waals surface area (Å²) in [6.45, 7) is 13.7. The topological polar surface area (TPSA) is 87.2 Å². The minimum atomic E-state index is -0.800. The molecule has 2 bridgehead atoms. The van der Waals surface area contributed by atoms with Crippen LogP contribution < -0.4 is 4.90 Å². The molecule has 0 aromatic heterocycles. The van der Waals surface area contributed by atoms with E-state index in [1.807, 2.05) is 32.0 Å². The molecular weight excluding hydrogens is 464 g/mol. The molecule has 1 aromatic carbocycles. The number of hydrogen-bond donors (Lipinski definition) is 1. The Hall–Kier alpha value is -2.32. The Morgan fingerprint density at radius 1 is 1.37 bits per heavy atom. The number of para-hydroxylation sites is 1. The Kier molecular flexibility index (Phi) is 7.08. The molecule has 3 heterocycles. The highest BCUT2D eigenvalue weighted by Crippen LogP contribution is 2.69. The second kappa shape index (κ2) is 9.62.